The van der Waals surface area contributed by atoms with Crippen LogP contribution < -0.4 is 5.32 Å². The molecule has 0 saturated heterocycles. The molecule has 0 aliphatic rings. The van der Waals surface area contributed by atoms with E-state index in [9.17, 15) is 4.79 Å². The van der Waals surface area contributed by atoms with Crippen molar-refractivity contribution < 1.29 is 9.90 Å². The lowest BCUT2D eigenvalue weighted by Crippen LogP contribution is -2.29. The standard InChI is InChI=1S/C10H16N2O2S/c1-5-10(3,4)11-8-7(9(13)14)6(2)12-15-8/h11H,5H2,1-4H3,(H,13,14). The topological polar surface area (TPSA) is 62.2 Å². The number of aryl methyl sites for hydroxylation is 1. The van der Waals surface area contributed by atoms with Gasteiger partial charge in [0.15, 0.2) is 0 Å². The number of anilines is 1. The van der Waals surface area contributed by atoms with Gasteiger partial charge in [0, 0.05) is 5.54 Å². The normalized spacial score (nSPS) is 11.5. The Morgan fingerprint density at radius 1 is 1.60 bits per heavy atom. The number of aromatic carboxylic acids is 1. The molecule has 2 N–H and O–H groups in total. The summed E-state index contributed by atoms with van der Waals surface area (Å²) in [6.45, 7) is 7.84. The Labute approximate surface area is 93.5 Å². The molecule has 0 aliphatic carbocycles. The molecule has 0 radical (unpaired) electrons. The van der Waals surface area contributed by atoms with Crippen LogP contribution in [0.25, 0.3) is 0 Å². The fraction of sp³-hybridized carbons (Fsp3) is 0.600. The van der Waals surface area contributed by atoms with E-state index in [4.69, 9.17) is 5.11 Å². The van der Waals surface area contributed by atoms with E-state index in [0.29, 0.717) is 16.3 Å². The third-order valence-electron chi connectivity index (χ3n) is 2.41. The Morgan fingerprint density at radius 3 is 2.67 bits per heavy atom. The fourth-order valence-electron chi connectivity index (χ4n) is 1.10. The van der Waals surface area contributed by atoms with E-state index < -0.39 is 5.97 Å². The molecule has 0 fully saturated rings. The zero-order valence-corrected chi connectivity index (χ0v) is 10.2. The third kappa shape index (κ3) is 2.68. The quantitative estimate of drug-likeness (QED) is 0.831. The van der Waals surface area contributed by atoms with Crippen molar-refractivity contribution >= 4 is 22.5 Å². The first kappa shape index (κ1) is 12.0. The van der Waals surface area contributed by atoms with E-state index in [0.717, 1.165) is 6.42 Å². The molecule has 0 unspecified atom stereocenters. The van der Waals surface area contributed by atoms with Crippen molar-refractivity contribution in [2.45, 2.75) is 39.7 Å². The maximum absolute atomic E-state index is 11.0. The highest BCUT2D eigenvalue weighted by Crippen LogP contribution is 2.28. The summed E-state index contributed by atoms with van der Waals surface area (Å²) >= 11 is 1.20. The summed E-state index contributed by atoms with van der Waals surface area (Å²) < 4.78 is 4.05. The minimum atomic E-state index is -0.921. The molecule has 84 valence electrons. The summed E-state index contributed by atoms with van der Waals surface area (Å²) in [6.07, 6.45) is 0.920. The molecule has 5 heteroatoms. The van der Waals surface area contributed by atoms with Gasteiger partial charge in [0.2, 0.25) is 0 Å². The number of nitrogens with one attached hydrogen (secondary N) is 1. The number of carbonyl (C=O) groups is 1. The first-order chi connectivity index (χ1) is 6.87. The number of rotatable bonds is 4. The van der Waals surface area contributed by atoms with Crippen molar-refractivity contribution in [3.05, 3.63) is 11.3 Å². The summed E-state index contributed by atoms with van der Waals surface area (Å²) in [4.78, 5) is 11.0. The number of aromatic nitrogens is 1. The second kappa shape index (κ2) is 4.18. The number of nitrogens with zero attached hydrogens (tertiary/aromatic N) is 1. The van der Waals surface area contributed by atoms with Crippen molar-refractivity contribution in [1.82, 2.24) is 4.37 Å². The smallest absolute Gasteiger partial charge is 0.340 e. The Kier molecular flexibility index (Phi) is 3.34. The zero-order valence-electron chi connectivity index (χ0n) is 9.42. The average molecular weight is 228 g/mol. The molecule has 0 aromatic carbocycles. The van der Waals surface area contributed by atoms with Gasteiger partial charge in [-0.2, -0.15) is 4.37 Å². The largest absolute Gasteiger partial charge is 0.478 e. The van der Waals surface area contributed by atoms with Gasteiger partial charge in [0.25, 0.3) is 0 Å². The van der Waals surface area contributed by atoms with Crippen LogP contribution in [0.5, 0.6) is 0 Å². The number of hydrogen-bond acceptors (Lipinski definition) is 4. The van der Waals surface area contributed by atoms with Crippen LogP contribution in [0.15, 0.2) is 0 Å². The molecule has 0 bridgehead atoms. The van der Waals surface area contributed by atoms with Gasteiger partial charge in [0.05, 0.1) is 5.69 Å². The maximum atomic E-state index is 11.0. The third-order valence-corrected chi connectivity index (χ3v) is 3.27. The van der Waals surface area contributed by atoms with Crippen molar-refractivity contribution in [1.29, 1.82) is 0 Å². The summed E-state index contributed by atoms with van der Waals surface area (Å²) in [5.41, 5.74) is 0.756. The molecule has 15 heavy (non-hydrogen) atoms. The highest BCUT2D eigenvalue weighted by atomic mass is 32.1. The first-order valence-electron chi connectivity index (χ1n) is 4.85. The van der Waals surface area contributed by atoms with Gasteiger partial charge < -0.3 is 10.4 Å². The van der Waals surface area contributed by atoms with Gasteiger partial charge >= 0.3 is 5.97 Å². The molecule has 1 rings (SSSR count). The Morgan fingerprint density at radius 2 is 2.20 bits per heavy atom. The fourth-order valence-corrected chi connectivity index (χ4v) is 2.07. The minimum absolute atomic E-state index is 0.108. The molecule has 0 aliphatic heterocycles. The molecular weight excluding hydrogens is 212 g/mol. The van der Waals surface area contributed by atoms with Crippen molar-refractivity contribution in [2.24, 2.45) is 0 Å². The Hall–Kier alpha value is -1.10. The van der Waals surface area contributed by atoms with Gasteiger partial charge in [-0.15, -0.1) is 0 Å². The molecule has 1 aromatic heterocycles. The highest BCUT2D eigenvalue weighted by molar-refractivity contribution is 7.10. The van der Waals surface area contributed by atoms with Crippen LogP contribution in [0.2, 0.25) is 0 Å². The summed E-state index contributed by atoms with van der Waals surface area (Å²) in [5, 5.41) is 12.9. The van der Waals surface area contributed by atoms with Gasteiger partial charge in [-0.1, -0.05) is 6.92 Å². The molecule has 1 aromatic rings. The number of carboxylic acid groups (broad SMARTS) is 1. The van der Waals surface area contributed by atoms with Crippen molar-refractivity contribution in [3.8, 4) is 0 Å². The lowest BCUT2D eigenvalue weighted by molar-refractivity contribution is 0.0697. The van der Waals surface area contributed by atoms with Crippen LogP contribution in [-0.4, -0.2) is 21.0 Å². The van der Waals surface area contributed by atoms with Gasteiger partial charge in [-0.05, 0) is 38.7 Å². The Balaban J connectivity index is 3.01. The van der Waals surface area contributed by atoms with Crippen LogP contribution >= 0.6 is 11.5 Å². The van der Waals surface area contributed by atoms with Crippen LogP contribution in [0, 0.1) is 6.92 Å². The number of carboxylic acids is 1. The van der Waals surface area contributed by atoms with E-state index in [-0.39, 0.29) is 5.54 Å². The zero-order chi connectivity index (χ0) is 11.6. The maximum Gasteiger partial charge on any atom is 0.340 e. The van der Waals surface area contributed by atoms with Gasteiger partial charge in [0.1, 0.15) is 10.6 Å². The molecular formula is C10H16N2O2S. The highest BCUT2D eigenvalue weighted by Gasteiger charge is 2.22. The van der Waals surface area contributed by atoms with E-state index in [2.05, 4.69) is 16.6 Å². The molecule has 0 spiro atoms. The number of hydrogen-bond donors (Lipinski definition) is 2. The molecule has 0 atom stereocenters. The minimum Gasteiger partial charge on any atom is -0.478 e. The van der Waals surface area contributed by atoms with Crippen molar-refractivity contribution in [2.75, 3.05) is 5.32 Å². The molecule has 0 amide bonds. The SMILES string of the molecule is CCC(C)(C)Nc1snc(C)c1C(=O)O. The lowest BCUT2D eigenvalue weighted by atomic mass is 10.0. The predicted octanol–water partition coefficient (Wildman–Crippen LogP) is 2.75. The van der Waals surface area contributed by atoms with Crippen LogP contribution in [0.4, 0.5) is 5.00 Å². The van der Waals surface area contributed by atoms with Crippen molar-refractivity contribution in [3.63, 3.8) is 0 Å². The first-order valence-corrected chi connectivity index (χ1v) is 5.62. The second-order valence-electron chi connectivity index (χ2n) is 4.14. The second-order valence-corrected chi connectivity index (χ2v) is 4.91. The molecule has 0 saturated carbocycles. The lowest BCUT2D eigenvalue weighted by Gasteiger charge is -2.24. The van der Waals surface area contributed by atoms with E-state index >= 15 is 0 Å². The van der Waals surface area contributed by atoms with Gasteiger partial charge in [-0.25, -0.2) is 4.79 Å². The molecule has 1 heterocycles. The van der Waals surface area contributed by atoms with Crippen LogP contribution in [0.3, 0.4) is 0 Å². The Bertz CT molecular complexity index is 371. The monoisotopic (exact) mass is 228 g/mol. The summed E-state index contributed by atoms with van der Waals surface area (Å²) in [5.74, 6) is -0.921. The summed E-state index contributed by atoms with van der Waals surface area (Å²) in [6, 6.07) is 0. The van der Waals surface area contributed by atoms with Crippen LogP contribution in [0.1, 0.15) is 43.2 Å². The van der Waals surface area contributed by atoms with E-state index in [1.54, 1.807) is 6.92 Å². The van der Waals surface area contributed by atoms with E-state index in [1.807, 2.05) is 13.8 Å². The van der Waals surface area contributed by atoms with Crippen LogP contribution in [-0.2, 0) is 0 Å². The van der Waals surface area contributed by atoms with Gasteiger partial charge in [-0.3, -0.25) is 0 Å². The van der Waals surface area contributed by atoms with E-state index in [1.165, 1.54) is 11.5 Å². The average Bonchev–Trinajstić information content (AvgIpc) is 2.46. The predicted molar refractivity (Wildman–Crippen MR) is 61.8 cm³/mol. The molecule has 4 nitrogen and oxygen atoms in total. The summed E-state index contributed by atoms with van der Waals surface area (Å²) in [7, 11) is 0.